The third-order valence-corrected chi connectivity index (χ3v) is 18.2. The van der Waals surface area contributed by atoms with Crippen LogP contribution < -0.4 is 0 Å². The molecule has 0 rings (SSSR count). The van der Waals surface area contributed by atoms with Crippen molar-refractivity contribution >= 4 is 39.5 Å². The van der Waals surface area contributed by atoms with Gasteiger partial charge in [-0.25, -0.2) is 9.13 Å². The van der Waals surface area contributed by atoms with E-state index in [0.29, 0.717) is 25.7 Å². The van der Waals surface area contributed by atoms with Gasteiger partial charge >= 0.3 is 39.5 Å². The predicted molar refractivity (Wildman–Crippen MR) is 372 cm³/mol. The Morgan fingerprint density at radius 3 is 0.891 bits per heavy atom. The van der Waals surface area contributed by atoms with Gasteiger partial charge in [0, 0.05) is 25.7 Å². The number of carbonyl (C=O) groups is 4. The number of ether oxygens (including phenoxy) is 4. The SMILES string of the molecule is CCCCCC/C=C\C=C/CCCCCCCC(=O)O[C@H](COC(=O)CCCCCCCCCCCCC(C)C)COP(=O)(O)OC[C@@H](O)COP(=O)(O)OC[C@@H](COC(=O)CCCCCCCCCCCCCC)OC(=O)CCCCCCCCCCCC(C)C. The Bertz CT molecular complexity index is 1880. The van der Waals surface area contributed by atoms with Gasteiger partial charge in [-0.05, 0) is 63.2 Å². The molecule has 19 heteroatoms. The maximum atomic E-state index is 13.0. The van der Waals surface area contributed by atoms with Crippen molar-refractivity contribution in [3.8, 4) is 0 Å². The lowest BCUT2D eigenvalue weighted by Crippen LogP contribution is -2.30. The van der Waals surface area contributed by atoms with E-state index < -0.39 is 97.5 Å². The van der Waals surface area contributed by atoms with Crippen molar-refractivity contribution in [2.75, 3.05) is 39.6 Å². The number of hydrogen-bond acceptors (Lipinski definition) is 15. The van der Waals surface area contributed by atoms with Gasteiger partial charge in [0.25, 0.3) is 0 Å². The summed E-state index contributed by atoms with van der Waals surface area (Å²) < 4.78 is 68.4. The monoisotopic (exact) mass is 1350 g/mol. The molecule has 0 saturated carbocycles. The fourth-order valence-corrected chi connectivity index (χ4v) is 12.2. The molecule has 0 aliphatic carbocycles. The third kappa shape index (κ3) is 66.2. The van der Waals surface area contributed by atoms with Gasteiger partial charge in [0.1, 0.15) is 19.3 Å². The molecule has 0 heterocycles. The first-order valence-electron chi connectivity index (χ1n) is 37.3. The Balaban J connectivity index is 5.30. The average Bonchev–Trinajstić information content (AvgIpc) is 1.42. The largest absolute Gasteiger partial charge is 0.472 e. The summed E-state index contributed by atoms with van der Waals surface area (Å²) in [5, 5.41) is 10.6. The van der Waals surface area contributed by atoms with E-state index in [1.165, 1.54) is 154 Å². The summed E-state index contributed by atoms with van der Waals surface area (Å²) in [6.45, 7) is 9.47. The highest BCUT2D eigenvalue weighted by Gasteiger charge is 2.30. The standard InChI is InChI=1S/C73H138O17P2/c1-7-9-11-13-15-17-19-21-22-23-25-33-39-45-51-57-72(77)89-68(61-84-71(76)56-50-44-38-32-27-26-29-35-41-47-53-65(3)4)63-87-91(79,80)85-59-67(74)60-86-92(81,82)88-64-69(90-73(78)58-52-46-40-34-28-30-36-42-48-54-66(5)6)62-83-70(75)55-49-43-37-31-24-20-18-16-14-12-10-8-2/h17,19,21-22,65-69,74H,7-16,18,20,23-64H2,1-6H3,(H,79,80)(H,81,82)/b19-17-,22-21-/t67-,68-,69-/m1/s1. The molecule has 0 bridgehead atoms. The summed E-state index contributed by atoms with van der Waals surface area (Å²) in [4.78, 5) is 72.7. The van der Waals surface area contributed by atoms with Crippen LogP contribution in [0, 0.1) is 11.8 Å². The molecule has 0 fully saturated rings. The molecule has 0 saturated heterocycles. The molecule has 0 aromatic rings. The number of rotatable bonds is 70. The zero-order chi connectivity index (χ0) is 67.9. The number of hydrogen-bond donors (Lipinski definition) is 3. The quantitative estimate of drug-likeness (QED) is 0.0169. The maximum absolute atomic E-state index is 13.0. The van der Waals surface area contributed by atoms with Gasteiger partial charge in [-0.1, -0.05) is 297 Å². The summed E-state index contributed by atoms with van der Waals surface area (Å²) in [5.41, 5.74) is 0. The summed E-state index contributed by atoms with van der Waals surface area (Å²) in [7, 11) is -9.92. The molecule has 0 amide bonds. The number of phosphoric ester groups is 2. The van der Waals surface area contributed by atoms with Gasteiger partial charge in [-0.15, -0.1) is 0 Å². The molecule has 5 atom stereocenters. The Morgan fingerprint density at radius 2 is 0.587 bits per heavy atom. The molecule has 17 nitrogen and oxygen atoms in total. The van der Waals surface area contributed by atoms with Crippen molar-refractivity contribution in [1.82, 2.24) is 0 Å². The van der Waals surface area contributed by atoms with Gasteiger partial charge in [0.15, 0.2) is 12.2 Å². The summed E-state index contributed by atoms with van der Waals surface area (Å²) in [6.07, 6.45) is 53.4. The average molecular weight is 1350 g/mol. The highest BCUT2D eigenvalue weighted by molar-refractivity contribution is 7.47. The Labute approximate surface area is 561 Å². The number of carbonyl (C=O) groups excluding carboxylic acids is 4. The van der Waals surface area contributed by atoms with Crippen LogP contribution in [0.3, 0.4) is 0 Å². The number of phosphoric acid groups is 2. The van der Waals surface area contributed by atoms with Crippen LogP contribution >= 0.6 is 15.6 Å². The van der Waals surface area contributed by atoms with Crippen LogP contribution in [0.25, 0.3) is 0 Å². The minimum atomic E-state index is -4.96. The minimum Gasteiger partial charge on any atom is -0.462 e. The van der Waals surface area contributed by atoms with Gasteiger partial charge in [-0.3, -0.25) is 37.3 Å². The Hall–Kier alpha value is -2.46. The lowest BCUT2D eigenvalue weighted by atomic mass is 10.0. The van der Waals surface area contributed by atoms with E-state index in [0.717, 1.165) is 115 Å². The molecule has 3 N–H and O–H groups in total. The Morgan fingerprint density at radius 1 is 0.337 bits per heavy atom. The van der Waals surface area contributed by atoms with Gasteiger partial charge in [0.2, 0.25) is 0 Å². The van der Waals surface area contributed by atoms with Crippen molar-refractivity contribution in [1.29, 1.82) is 0 Å². The fraction of sp³-hybridized carbons (Fsp3) is 0.890. The first kappa shape index (κ1) is 89.5. The number of unbranched alkanes of at least 4 members (excludes halogenated alkanes) is 37. The van der Waals surface area contributed by atoms with Crippen molar-refractivity contribution in [3.63, 3.8) is 0 Å². The molecular weight excluding hydrogens is 1210 g/mol. The van der Waals surface area contributed by atoms with Crippen LogP contribution in [0.4, 0.5) is 0 Å². The van der Waals surface area contributed by atoms with Crippen molar-refractivity contribution < 1.29 is 80.2 Å². The highest BCUT2D eigenvalue weighted by atomic mass is 31.2. The van der Waals surface area contributed by atoms with Crippen LogP contribution in [0.5, 0.6) is 0 Å². The molecule has 542 valence electrons. The fourth-order valence-electron chi connectivity index (χ4n) is 10.6. The number of aliphatic hydroxyl groups excluding tert-OH is 1. The lowest BCUT2D eigenvalue weighted by molar-refractivity contribution is -0.161. The first-order valence-corrected chi connectivity index (χ1v) is 40.3. The van der Waals surface area contributed by atoms with Gasteiger partial charge in [-0.2, -0.15) is 0 Å². The number of esters is 4. The van der Waals surface area contributed by atoms with E-state index in [2.05, 4.69) is 65.8 Å². The van der Waals surface area contributed by atoms with E-state index in [1.54, 1.807) is 0 Å². The van der Waals surface area contributed by atoms with Crippen molar-refractivity contribution in [3.05, 3.63) is 24.3 Å². The summed E-state index contributed by atoms with van der Waals surface area (Å²) in [5.74, 6) is -0.659. The second-order valence-corrected chi connectivity index (χ2v) is 29.5. The van der Waals surface area contributed by atoms with Crippen molar-refractivity contribution in [2.24, 2.45) is 11.8 Å². The number of allylic oxidation sites excluding steroid dienone is 4. The molecule has 0 aliphatic heterocycles. The maximum Gasteiger partial charge on any atom is 0.472 e. The van der Waals surface area contributed by atoms with E-state index in [4.69, 9.17) is 37.0 Å². The molecule has 0 spiro atoms. The van der Waals surface area contributed by atoms with E-state index in [9.17, 15) is 43.2 Å². The topological polar surface area (TPSA) is 237 Å². The van der Waals surface area contributed by atoms with Gasteiger partial charge < -0.3 is 33.8 Å². The molecule has 2 unspecified atom stereocenters. The molecule has 0 aromatic heterocycles. The summed E-state index contributed by atoms with van der Waals surface area (Å²) in [6, 6.07) is 0. The predicted octanol–water partition coefficient (Wildman–Crippen LogP) is 20.7. The van der Waals surface area contributed by atoms with Crippen LogP contribution in [0.2, 0.25) is 0 Å². The lowest BCUT2D eigenvalue weighted by Gasteiger charge is -2.21. The first-order chi connectivity index (χ1) is 44.4. The number of aliphatic hydroxyl groups is 1. The van der Waals surface area contributed by atoms with Crippen LogP contribution in [0.15, 0.2) is 24.3 Å². The normalized spacial score (nSPS) is 14.2. The molecule has 0 aliphatic rings. The molecule has 92 heavy (non-hydrogen) atoms. The van der Waals surface area contributed by atoms with E-state index in [1.807, 2.05) is 0 Å². The van der Waals surface area contributed by atoms with E-state index >= 15 is 0 Å². The molecule has 0 aromatic carbocycles. The second kappa shape index (κ2) is 64.5. The highest BCUT2D eigenvalue weighted by Crippen LogP contribution is 2.45. The summed E-state index contributed by atoms with van der Waals surface area (Å²) >= 11 is 0. The van der Waals surface area contributed by atoms with Gasteiger partial charge in [0.05, 0.1) is 26.4 Å². The van der Waals surface area contributed by atoms with Crippen molar-refractivity contribution in [2.45, 2.75) is 368 Å². The Kier molecular flexibility index (Phi) is 62.8. The van der Waals surface area contributed by atoms with Crippen LogP contribution in [-0.4, -0.2) is 96.7 Å². The zero-order valence-electron chi connectivity index (χ0n) is 59.3. The third-order valence-electron chi connectivity index (χ3n) is 16.3. The van der Waals surface area contributed by atoms with Crippen LogP contribution in [0.1, 0.15) is 350 Å². The smallest absolute Gasteiger partial charge is 0.462 e. The second-order valence-electron chi connectivity index (χ2n) is 26.6. The van der Waals surface area contributed by atoms with E-state index in [-0.39, 0.29) is 25.7 Å². The van der Waals surface area contributed by atoms with Crippen LogP contribution in [-0.2, 0) is 65.4 Å². The molecule has 0 radical (unpaired) electrons. The zero-order valence-corrected chi connectivity index (χ0v) is 61.1. The molecular formula is C73H138O17P2. The minimum absolute atomic E-state index is 0.0847.